The number of hydrogen-bond donors (Lipinski definition) is 7. The van der Waals surface area contributed by atoms with Crippen LogP contribution in [0.4, 0.5) is 0 Å². The van der Waals surface area contributed by atoms with Crippen molar-refractivity contribution in [3.8, 4) is 39.9 Å². The second-order valence-electron chi connectivity index (χ2n) is 14.8. The molecule has 1 saturated carbocycles. The van der Waals surface area contributed by atoms with Crippen LogP contribution < -0.4 is 35.2 Å². The molecule has 56 heavy (non-hydrogen) atoms. The highest BCUT2D eigenvalue weighted by molar-refractivity contribution is 5.97. The van der Waals surface area contributed by atoms with E-state index >= 15 is 0 Å². The molecule has 1 spiro atoms. The lowest BCUT2D eigenvalue weighted by Gasteiger charge is -2.48. The first-order valence-electron chi connectivity index (χ1n) is 18.6. The molecule has 4 aromatic rings. The van der Waals surface area contributed by atoms with Crippen LogP contribution in [0.2, 0.25) is 0 Å². The molecule has 1 aliphatic carbocycles. The van der Waals surface area contributed by atoms with E-state index in [0.29, 0.717) is 28.6 Å². The number of esters is 1. The number of fused-ring (bicyclic) bond motifs is 7. The van der Waals surface area contributed by atoms with Gasteiger partial charge in [-0.1, -0.05) is 30.7 Å². The predicted octanol–water partition coefficient (Wildman–Crippen LogP) is 2.98. The number of rotatable bonds is 10. The SMILES string of the molecule is COc1ccc2c(c1OC)O[C@H]1c3c(cc(O[C@@H]4O[C@H]([C@H](OC(=O)CC(=O)O)C(N)N)[C@@H](O)[C@H](O)[C@H]4O)cc3-c3c[nH]c4ccccc34)OC3(CCCCC3)[C@@H]21. The van der Waals surface area contributed by atoms with E-state index in [2.05, 4.69) is 4.98 Å². The fourth-order valence-corrected chi connectivity index (χ4v) is 8.89. The van der Waals surface area contributed by atoms with Crippen molar-refractivity contribution in [1.82, 2.24) is 4.98 Å². The summed E-state index contributed by atoms with van der Waals surface area (Å²) in [5, 5.41) is 43.1. The number of aliphatic hydroxyl groups is 3. The minimum absolute atomic E-state index is 0.172. The molecular formula is C40H45N3O13. The first-order chi connectivity index (χ1) is 26.9. The van der Waals surface area contributed by atoms with Crippen LogP contribution in [0.1, 0.15) is 61.7 Å². The third kappa shape index (κ3) is 6.35. The molecule has 8 rings (SSSR count). The lowest BCUT2D eigenvalue weighted by Crippen LogP contribution is -2.66. The molecule has 4 aliphatic rings. The maximum Gasteiger partial charge on any atom is 0.317 e. The number of carbonyl (C=O) groups excluding carboxylic acids is 1. The van der Waals surface area contributed by atoms with Crippen LogP contribution in [-0.4, -0.2) is 100 Å². The van der Waals surface area contributed by atoms with Crippen molar-refractivity contribution >= 4 is 22.8 Å². The lowest BCUT2D eigenvalue weighted by atomic mass is 9.67. The maximum absolute atomic E-state index is 12.3. The van der Waals surface area contributed by atoms with Gasteiger partial charge in [0, 0.05) is 39.9 Å². The molecule has 0 unspecified atom stereocenters. The zero-order chi connectivity index (χ0) is 39.5. The summed E-state index contributed by atoms with van der Waals surface area (Å²) in [7, 11) is 3.16. The molecule has 1 saturated heterocycles. The number of hydrogen-bond acceptors (Lipinski definition) is 14. The first kappa shape index (κ1) is 37.8. The Morgan fingerprint density at radius 3 is 2.45 bits per heavy atom. The second kappa shape index (κ2) is 14.8. The summed E-state index contributed by atoms with van der Waals surface area (Å²) in [6, 6.07) is 15.2. The number of nitrogens with one attached hydrogen (secondary N) is 1. The van der Waals surface area contributed by atoms with Gasteiger partial charge in [0.05, 0.1) is 26.3 Å². The topological polar surface area (TPSA) is 247 Å². The van der Waals surface area contributed by atoms with Gasteiger partial charge in [0.25, 0.3) is 0 Å². The van der Waals surface area contributed by atoms with E-state index in [1.807, 2.05) is 42.6 Å². The Morgan fingerprint density at radius 1 is 0.964 bits per heavy atom. The van der Waals surface area contributed by atoms with Gasteiger partial charge in [-0.2, -0.15) is 0 Å². The minimum Gasteiger partial charge on any atom is -0.493 e. The van der Waals surface area contributed by atoms with Gasteiger partial charge in [0.15, 0.2) is 17.6 Å². The number of benzene rings is 3. The van der Waals surface area contributed by atoms with Crippen molar-refractivity contribution in [2.75, 3.05) is 14.2 Å². The fourth-order valence-electron chi connectivity index (χ4n) is 8.89. The van der Waals surface area contributed by atoms with E-state index in [9.17, 15) is 24.9 Å². The lowest BCUT2D eigenvalue weighted by molar-refractivity contribution is -0.291. The smallest absolute Gasteiger partial charge is 0.317 e. The molecular weight excluding hydrogens is 730 g/mol. The number of ether oxygens (including phenoxy) is 7. The largest absolute Gasteiger partial charge is 0.493 e. The summed E-state index contributed by atoms with van der Waals surface area (Å²) in [6.07, 6.45) is -7.09. The molecule has 4 heterocycles. The number of aromatic amines is 1. The van der Waals surface area contributed by atoms with Crippen LogP contribution in [0.3, 0.4) is 0 Å². The maximum atomic E-state index is 12.3. The molecule has 8 atom stereocenters. The Morgan fingerprint density at radius 2 is 1.73 bits per heavy atom. The van der Waals surface area contributed by atoms with E-state index in [1.54, 1.807) is 26.4 Å². The first-order valence-corrected chi connectivity index (χ1v) is 18.6. The number of carbonyl (C=O) groups is 2. The highest BCUT2D eigenvalue weighted by Gasteiger charge is 2.58. The monoisotopic (exact) mass is 775 g/mol. The van der Waals surface area contributed by atoms with Gasteiger partial charge in [-0.15, -0.1) is 0 Å². The Labute approximate surface area is 321 Å². The van der Waals surface area contributed by atoms with E-state index in [4.69, 9.17) is 49.7 Å². The number of methoxy groups -OCH3 is 2. The van der Waals surface area contributed by atoms with Gasteiger partial charge >= 0.3 is 11.9 Å². The van der Waals surface area contributed by atoms with Gasteiger partial charge in [0.1, 0.15) is 54.0 Å². The van der Waals surface area contributed by atoms with E-state index in [-0.39, 0.29) is 11.7 Å². The number of carboxylic acids is 1. The predicted molar refractivity (Wildman–Crippen MR) is 197 cm³/mol. The van der Waals surface area contributed by atoms with Crippen molar-refractivity contribution in [2.45, 2.75) is 99.1 Å². The molecule has 3 aliphatic heterocycles. The van der Waals surface area contributed by atoms with Gasteiger partial charge in [-0.05, 0) is 49.4 Å². The zero-order valence-corrected chi connectivity index (χ0v) is 30.8. The second-order valence-corrected chi connectivity index (χ2v) is 14.8. The van der Waals surface area contributed by atoms with Crippen molar-refractivity contribution in [3.05, 3.63) is 65.9 Å². The van der Waals surface area contributed by atoms with Gasteiger partial charge < -0.3 is 70.0 Å². The summed E-state index contributed by atoms with van der Waals surface area (Å²) in [6.45, 7) is 0. The Hall–Kier alpha value is -5.10. The van der Waals surface area contributed by atoms with Crippen molar-refractivity contribution < 1.29 is 63.2 Å². The van der Waals surface area contributed by atoms with Crippen molar-refractivity contribution in [3.63, 3.8) is 0 Å². The average molecular weight is 776 g/mol. The molecule has 9 N–H and O–H groups in total. The Balaban J connectivity index is 1.24. The van der Waals surface area contributed by atoms with Crippen LogP contribution in [0.25, 0.3) is 22.0 Å². The Bertz CT molecular complexity index is 2130. The van der Waals surface area contributed by atoms with E-state index in [1.165, 1.54) is 0 Å². The third-order valence-electron chi connectivity index (χ3n) is 11.4. The number of H-pyrrole nitrogens is 1. The minimum atomic E-state index is -1.87. The van der Waals surface area contributed by atoms with Crippen LogP contribution in [-0.2, 0) is 19.1 Å². The Kier molecular flexibility index (Phi) is 9.97. The summed E-state index contributed by atoms with van der Waals surface area (Å²) in [5.41, 5.74) is 15.2. The van der Waals surface area contributed by atoms with Crippen LogP contribution >= 0.6 is 0 Å². The number of para-hydroxylation sites is 1. The van der Waals surface area contributed by atoms with Crippen LogP contribution in [0, 0.1) is 0 Å². The molecule has 3 aromatic carbocycles. The zero-order valence-electron chi connectivity index (χ0n) is 30.8. The number of aliphatic hydroxyl groups excluding tert-OH is 3. The summed E-state index contributed by atoms with van der Waals surface area (Å²) in [5.74, 6) is -0.601. The number of carboxylic acid groups (broad SMARTS) is 1. The molecule has 16 nitrogen and oxygen atoms in total. The third-order valence-corrected chi connectivity index (χ3v) is 11.4. The molecule has 2 fully saturated rings. The van der Waals surface area contributed by atoms with Gasteiger partial charge in [0.2, 0.25) is 12.0 Å². The normalized spacial score (nSPS) is 26.7. The molecule has 1 aromatic heterocycles. The van der Waals surface area contributed by atoms with E-state index < -0.39 is 73.0 Å². The molecule has 16 heteroatoms. The molecule has 0 amide bonds. The van der Waals surface area contributed by atoms with Crippen LogP contribution in [0.5, 0.6) is 28.7 Å². The number of aliphatic carboxylic acids is 1. The highest BCUT2D eigenvalue weighted by Crippen LogP contribution is 2.65. The summed E-state index contributed by atoms with van der Waals surface area (Å²) in [4.78, 5) is 26.8. The van der Waals surface area contributed by atoms with Crippen molar-refractivity contribution in [1.29, 1.82) is 0 Å². The number of nitrogens with two attached hydrogens (primary N) is 2. The van der Waals surface area contributed by atoms with Crippen LogP contribution in [0.15, 0.2) is 54.7 Å². The quantitative estimate of drug-likeness (QED) is 0.0695. The standard InChI is InChI=1S/C40H45N3O13/c1-50-24-11-10-20-29-35(54-33(20)34(24)51-2)28-21(22-17-43-23-9-5-4-8-19(22)23)14-18(15-25(28)56-40(29)12-6-3-7-13-40)52-39-32(49)30(47)31(48)36(55-39)37(38(41)42)53-27(46)16-26(44)45/h4-5,8-11,14-15,17,29-32,35-39,43,47-49H,3,6-7,12-13,16,41-42H2,1-2H3,(H,44,45)/t29-,30-,31-,32+,35-,36-,37-,39+/m0/s1. The van der Waals surface area contributed by atoms with Gasteiger partial charge in [-0.3, -0.25) is 9.59 Å². The summed E-state index contributed by atoms with van der Waals surface area (Å²) >= 11 is 0. The summed E-state index contributed by atoms with van der Waals surface area (Å²) < 4.78 is 43.2. The van der Waals surface area contributed by atoms with E-state index in [0.717, 1.165) is 59.7 Å². The molecule has 0 radical (unpaired) electrons. The highest BCUT2D eigenvalue weighted by atomic mass is 16.7. The number of aromatic nitrogens is 1. The molecule has 298 valence electrons. The average Bonchev–Trinajstić information content (AvgIpc) is 3.79. The molecule has 0 bridgehead atoms. The van der Waals surface area contributed by atoms with Gasteiger partial charge in [-0.25, -0.2) is 0 Å². The van der Waals surface area contributed by atoms with Crippen molar-refractivity contribution in [2.24, 2.45) is 11.5 Å². The fraction of sp³-hybridized carbons (Fsp3) is 0.450.